The molecule has 1 N–H and O–H groups in total. The summed E-state index contributed by atoms with van der Waals surface area (Å²) in [6.07, 6.45) is -3.50. The molecule has 0 bridgehead atoms. The van der Waals surface area contributed by atoms with E-state index >= 15 is 0 Å². The number of fused-ring (bicyclic) bond motifs is 1. The molecule has 214 valence electrons. The van der Waals surface area contributed by atoms with Crippen molar-refractivity contribution in [2.24, 2.45) is 0 Å². The Bertz CT molecular complexity index is 1720. The van der Waals surface area contributed by atoms with Gasteiger partial charge in [-0.3, -0.25) is 9.78 Å². The van der Waals surface area contributed by atoms with Gasteiger partial charge in [0.2, 0.25) is 0 Å². The van der Waals surface area contributed by atoms with E-state index in [1.807, 2.05) is 32.0 Å². The van der Waals surface area contributed by atoms with E-state index in [0.717, 1.165) is 37.8 Å². The van der Waals surface area contributed by atoms with Crippen molar-refractivity contribution in [2.45, 2.75) is 40.1 Å². The molecule has 4 aromatic rings. The number of aliphatic hydroxyl groups excluding tert-OH is 1. The number of thioether (sulfide) groups is 1. The number of para-hydroxylation sites is 1. The third-order valence-corrected chi connectivity index (χ3v) is 7.61. The van der Waals surface area contributed by atoms with E-state index in [2.05, 4.69) is 11.6 Å². The number of benzene rings is 1. The van der Waals surface area contributed by atoms with E-state index in [1.54, 1.807) is 24.5 Å². The van der Waals surface area contributed by atoms with Crippen LogP contribution in [0.15, 0.2) is 71.0 Å². The fourth-order valence-corrected chi connectivity index (χ4v) is 5.45. The largest absolute Gasteiger partial charge is 0.486 e. The third kappa shape index (κ3) is 6.66. The lowest BCUT2D eigenvalue weighted by molar-refractivity contribution is -0.138. The topological polar surface area (TPSA) is 77.2 Å². The summed E-state index contributed by atoms with van der Waals surface area (Å²) in [6.45, 7) is 8.80. The molecular formula is C30H27ClF3N3O3S. The number of hydrogen-bond acceptors (Lipinski definition) is 6. The van der Waals surface area contributed by atoms with Gasteiger partial charge in [-0.2, -0.15) is 13.2 Å². The van der Waals surface area contributed by atoms with E-state index in [-0.39, 0.29) is 19.8 Å². The smallest absolute Gasteiger partial charge is 0.421 e. The van der Waals surface area contributed by atoms with Crippen LogP contribution in [0.4, 0.5) is 13.2 Å². The fraction of sp³-hybridized carbons (Fsp3) is 0.233. The monoisotopic (exact) mass is 601 g/mol. The zero-order chi connectivity index (χ0) is 29.9. The van der Waals surface area contributed by atoms with Gasteiger partial charge in [0.1, 0.15) is 23.4 Å². The van der Waals surface area contributed by atoms with Crippen LogP contribution in [0.25, 0.3) is 15.8 Å². The lowest BCUT2D eigenvalue weighted by Crippen LogP contribution is -2.29. The van der Waals surface area contributed by atoms with Crippen LogP contribution < -0.4 is 10.3 Å². The molecule has 0 radical (unpaired) electrons. The lowest BCUT2D eigenvalue weighted by atomic mass is 10.0. The highest BCUT2D eigenvalue weighted by Gasteiger charge is 2.34. The summed E-state index contributed by atoms with van der Waals surface area (Å²) in [5.41, 5.74) is 1.82. The molecule has 0 saturated carbocycles. The van der Waals surface area contributed by atoms with Gasteiger partial charge in [-0.05, 0) is 67.6 Å². The predicted molar refractivity (Wildman–Crippen MR) is 157 cm³/mol. The molecule has 0 aliphatic rings. The Morgan fingerprint density at radius 1 is 1.17 bits per heavy atom. The second-order valence-corrected chi connectivity index (χ2v) is 10.7. The second kappa shape index (κ2) is 12.5. The van der Waals surface area contributed by atoms with Crippen LogP contribution in [0.1, 0.15) is 40.7 Å². The first-order valence-electron chi connectivity index (χ1n) is 12.5. The van der Waals surface area contributed by atoms with E-state index in [9.17, 15) is 23.1 Å². The maximum absolute atomic E-state index is 13.3. The average Bonchev–Trinajstić information content (AvgIpc) is 2.91. The quantitative estimate of drug-likeness (QED) is 0.217. The normalized spacial score (nSPS) is 12.4. The molecule has 3 heterocycles. The second-order valence-electron chi connectivity index (χ2n) is 9.33. The number of aromatic nitrogens is 3. The summed E-state index contributed by atoms with van der Waals surface area (Å²) in [5.74, 6) is 0.455. The van der Waals surface area contributed by atoms with Crippen molar-refractivity contribution in [2.75, 3.05) is 6.61 Å². The van der Waals surface area contributed by atoms with Crippen molar-refractivity contribution < 1.29 is 23.0 Å². The molecule has 0 aliphatic carbocycles. The molecule has 3 aromatic heterocycles. The molecule has 0 saturated heterocycles. The highest BCUT2D eigenvalue weighted by molar-refractivity contribution is 8.10. The number of aliphatic hydroxyl groups is 1. The van der Waals surface area contributed by atoms with Gasteiger partial charge >= 0.3 is 6.18 Å². The van der Waals surface area contributed by atoms with Crippen molar-refractivity contribution in [3.8, 4) is 5.75 Å². The SMILES string of the molecule is C=CSC(=C(C)CO)c1cc(C)nc2c(OCc3c(Cl)cc(C)nc3Cn3cccc(C(F)(F)F)c3=O)cccc12. The maximum Gasteiger partial charge on any atom is 0.421 e. The highest BCUT2D eigenvalue weighted by atomic mass is 35.5. The van der Waals surface area contributed by atoms with Crippen LogP contribution in [0.5, 0.6) is 5.75 Å². The van der Waals surface area contributed by atoms with Crippen LogP contribution in [0, 0.1) is 13.8 Å². The Balaban J connectivity index is 1.75. The first kappa shape index (κ1) is 30.4. The van der Waals surface area contributed by atoms with E-state index in [0.29, 0.717) is 33.2 Å². The van der Waals surface area contributed by atoms with Gasteiger partial charge in [-0.1, -0.05) is 42.1 Å². The highest BCUT2D eigenvalue weighted by Crippen LogP contribution is 2.38. The molecule has 0 amide bonds. The van der Waals surface area contributed by atoms with Crippen LogP contribution in [-0.2, 0) is 19.3 Å². The van der Waals surface area contributed by atoms with Crippen molar-refractivity contribution in [3.63, 3.8) is 0 Å². The maximum atomic E-state index is 13.3. The van der Waals surface area contributed by atoms with Gasteiger partial charge in [0.25, 0.3) is 5.56 Å². The molecule has 1 aromatic carbocycles. The Morgan fingerprint density at radius 2 is 1.90 bits per heavy atom. The molecule has 0 atom stereocenters. The molecule has 0 aliphatic heterocycles. The van der Waals surface area contributed by atoms with Crippen molar-refractivity contribution in [1.29, 1.82) is 0 Å². The van der Waals surface area contributed by atoms with Gasteiger partial charge in [0.15, 0.2) is 0 Å². The van der Waals surface area contributed by atoms with Crippen LogP contribution >= 0.6 is 23.4 Å². The minimum absolute atomic E-state index is 0.0704. The molecular weight excluding hydrogens is 575 g/mol. The van der Waals surface area contributed by atoms with Crippen molar-refractivity contribution in [1.82, 2.24) is 14.5 Å². The van der Waals surface area contributed by atoms with E-state index < -0.39 is 17.3 Å². The Morgan fingerprint density at radius 3 is 2.59 bits per heavy atom. The first-order valence-corrected chi connectivity index (χ1v) is 13.7. The Hall–Kier alpha value is -3.60. The number of nitrogens with zero attached hydrogens (tertiary/aromatic N) is 3. The minimum atomic E-state index is -4.78. The molecule has 6 nitrogen and oxygen atoms in total. The molecule has 0 spiro atoms. The molecule has 41 heavy (non-hydrogen) atoms. The van der Waals surface area contributed by atoms with Crippen molar-refractivity contribution >= 4 is 39.2 Å². The summed E-state index contributed by atoms with van der Waals surface area (Å²) in [7, 11) is 0. The summed E-state index contributed by atoms with van der Waals surface area (Å²) in [5, 5.41) is 12.6. The average molecular weight is 602 g/mol. The van der Waals surface area contributed by atoms with E-state index in [1.165, 1.54) is 24.0 Å². The summed E-state index contributed by atoms with van der Waals surface area (Å²) in [4.78, 5) is 22.6. The number of aryl methyl sites for hydroxylation is 2. The third-order valence-electron chi connectivity index (χ3n) is 6.30. The zero-order valence-electron chi connectivity index (χ0n) is 22.6. The minimum Gasteiger partial charge on any atom is -0.486 e. The van der Waals surface area contributed by atoms with E-state index in [4.69, 9.17) is 21.3 Å². The van der Waals surface area contributed by atoms with Gasteiger partial charge < -0.3 is 14.4 Å². The number of hydrogen-bond donors (Lipinski definition) is 1. The number of rotatable bonds is 9. The van der Waals surface area contributed by atoms with Crippen molar-refractivity contribution in [3.05, 3.63) is 115 Å². The van der Waals surface area contributed by atoms with Gasteiger partial charge in [-0.15, -0.1) is 0 Å². The van der Waals surface area contributed by atoms with Crippen LogP contribution in [0.2, 0.25) is 5.02 Å². The number of halogens is 4. The van der Waals surface area contributed by atoms with Gasteiger partial charge in [-0.25, -0.2) is 4.98 Å². The van der Waals surface area contributed by atoms with Crippen LogP contribution in [-0.4, -0.2) is 26.2 Å². The number of alkyl halides is 3. The Labute approximate surface area is 244 Å². The predicted octanol–water partition coefficient (Wildman–Crippen LogP) is 7.31. The lowest BCUT2D eigenvalue weighted by Gasteiger charge is -2.17. The summed E-state index contributed by atoms with van der Waals surface area (Å²) >= 11 is 7.96. The first-order chi connectivity index (χ1) is 19.4. The molecule has 4 rings (SSSR count). The molecule has 11 heteroatoms. The van der Waals surface area contributed by atoms with Crippen LogP contribution in [0.3, 0.4) is 0 Å². The summed E-state index contributed by atoms with van der Waals surface area (Å²) < 4.78 is 47.1. The molecule has 0 fully saturated rings. The Kier molecular flexibility index (Phi) is 9.26. The van der Waals surface area contributed by atoms with Gasteiger partial charge in [0, 0.05) is 33.4 Å². The van der Waals surface area contributed by atoms with Gasteiger partial charge in [0.05, 0.1) is 23.9 Å². The summed E-state index contributed by atoms with van der Waals surface area (Å²) in [6, 6.07) is 11.0. The standard InChI is InChI=1S/C30H27ClF3N3O3S/c1-5-41-28(17(2)15-38)21-12-18(3)36-27-20(21)8-6-10-26(27)40-16-22-24(31)13-19(4)35-25(22)14-37-11-7-9-23(29(37)39)30(32,33)34/h5-13,38H,1,14-16H2,2-4H3. The number of pyridine rings is 3. The fourth-order valence-electron chi connectivity index (χ4n) is 4.40. The molecule has 0 unspecified atom stereocenters. The number of ether oxygens (including phenoxy) is 1. The zero-order valence-corrected chi connectivity index (χ0v) is 24.1.